The number of aryl methyl sites for hydroxylation is 1. The van der Waals surface area contributed by atoms with E-state index in [9.17, 15) is 5.26 Å². The van der Waals surface area contributed by atoms with Crippen LogP contribution in [0.5, 0.6) is 0 Å². The number of halogens is 1. The van der Waals surface area contributed by atoms with E-state index in [2.05, 4.69) is 16.4 Å². The summed E-state index contributed by atoms with van der Waals surface area (Å²) in [5.74, 6) is 0. The number of nitrogens with one attached hydrogen (secondary N) is 1. The summed E-state index contributed by atoms with van der Waals surface area (Å²) in [6.45, 7) is 2.54. The summed E-state index contributed by atoms with van der Waals surface area (Å²) >= 11 is 6.19. The highest BCUT2D eigenvalue weighted by atomic mass is 35.5. The summed E-state index contributed by atoms with van der Waals surface area (Å²) in [6, 6.07) is 17.6. The molecule has 1 N–H and O–H groups in total. The quantitative estimate of drug-likeness (QED) is 0.764. The molecule has 0 radical (unpaired) electrons. The van der Waals surface area contributed by atoms with Gasteiger partial charge in [0.15, 0.2) is 0 Å². The standard InChI is InChI=1S/C18H14ClN3/c1-12-9-17(21-11-14-5-2-3-8-16(14)19)15-7-4-6-13(10-20)18(15)22-12/h2-9H,11H2,1H3,(H,21,22). The number of nitrogens with zero attached hydrogens (tertiary/aromatic N) is 2. The van der Waals surface area contributed by atoms with E-state index in [4.69, 9.17) is 11.6 Å². The summed E-state index contributed by atoms with van der Waals surface area (Å²) in [5.41, 5.74) is 4.17. The van der Waals surface area contributed by atoms with E-state index >= 15 is 0 Å². The fourth-order valence-electron chi connectivity index (χ4n) is 2.45. The van der Waals surface area contributed by atoms with Crippen LogP contribution >= 0.6 is 11.6 Å². The van der Waals surface area contributed by atoms with Gasteiger partial charge >= 0.3 is 0 Å². The van der Waals surface area contributed by atoms with Gasteiger partial charge in [-0.2, -0.15) is 5.26 Å². The molecular weight excluding hydrogens is 294 g/mol. The third-order valence-corrected chi connectivity index (χ3v) is 3.88. The number of para-hydroxylation sites is 1. The van der Waals surface area contributed by atoms with E-state index in [0.29, 0.717) is 12.1 Å². The van der Waals surface area contributed by atoms with Crippen LogP contribution in [0.4, 0.5) is 5.69 Å². The van der Waals surface area contributed by atoms with Gasteiger partial charge < -0.3 is 5.32 Å². The van der Waals surface area contributed by atoms with Gasteiger partial charge in [0, 0.05) is 28.3 Å². The number of nitriles is 1. The predicted octanol–water partition coefficient (Wildman–Crippen LogP) is 4.68. The van der Waals surface area contributed by atoms with Crippen LogP contribution in [0.25, 0.3) is 10.9 Å². The highest BCUT2D eigenvalue weighted by Crippen LogP contribution is 2.26. The first-order valence-electron chi connectivity index (χ1n) is 6.97. The van der Waals surface area contributed by atoms with Crippen molar-refractivity contribution in [1.82, 2.24) is 4.98 Å². The van der Waals surface area contributed by atoms with Crippen molar-refractivity contribution in [3.8, 4) is 6.07 Å². The topological polar surface area (TPSA) is 48.7 Å². The third-order valence-electron chi connectivity index (χ3n) is 3.52. The lowest BCUT2D eigenvalue weighted by atomic mass is 10.1. The molecule has 0 saturated carbocycles. The van der Waals surface area contributed by atoms with Crippen LogP contribution in [0.1, 0.15) is 16.8 Å². The Bertz CT molecular complexity index is 881. The van der Waals surface area contributed by atoms with Gasteiger partial charge in [0.1, 0.15) is 6.07 Å². The van der Waals surface area contributed by atoms with Crippen molar-refractivity contribution in [3.63, 3.8) is 0 Å². The summed E-state index contributed by atoms with van der Waals surface area (Å²) in [4.78, 5) is 4.49. The smallest absolute Gasteiger partial charge is 0.101 e. The Labute approximate surface area is 134 Å². The van der Waals surface area contributed by atoms with Crippen molar-refractivity contribution in [2.45, 2.75) is 13.5 Å². The van der Waals surface area contributed by atoms with Gasteiger partial charge in [-0.05, 0) is 30.7 Å². The number of fused-ring (bicyclic) bond motifs is 1. The molecule has 1 heterocycles. The number of anilines is 1. The number of aromatic nitrogens is 1. The summed E-state index contributed by atoms with van der Waals surface area (Å²) < 4.78 is 0. The van der Waals surface area contributed by atoms with Gasteiger partial charge in [0.25, 0.3) is 0 Å². The maximum atomic E-state index is 9.23. The Morgan fingerprint density at radius 1 is 1.18 bits per heavy atom. The molecule has 0 spiro atoms. The average molecular weight is 308 g/mol. The second-order valence-electron chi connectivity index (χ2n) is 5.07. The molecule has 0 aliphatic carbocycles. The zero-order valence-electron chi connectivity index (χ0n) is 12.1. The van der Waals surface area contributed by atoms with Gasteiger partial charge in [0.05, 0.1) is 11.1 Å². The van der Waals surface area contributed by atoms with E-state index in [1.807, 2.05) is 49.4 Å². The largest absolute Gasteiger partial charge is 0.380 e. The number of benzene rings is 2. The maximum Gasteiger partial charge on any atom is 0.101 e. The minimum Gasteiger partial charge on any atom is -0.380 e. The Morgan fingerprint density at radius 3 is 2.77 bits per heavy atom. The fraction of sp³-hybridized carbons (Fsp3) is 0.111. The first-order valence-corrected chi connectivity index (χ1v) is 7.34. The molecule has 4 heteroatoms. The lowest BCUT2D eigenvalue weighted by Gasteiger charge is -2.12. The first kappa shape index (κ1) is 14.4. The molecule has 0 atom stereocenters. The first-order chi connectivity index (χ1) is 10.7. The zero-order valence-corrected chi connectivity index (χ0v) is 12.9. The molecule has 22 heavy (non-hydrogen) atoms. The Hall–Kier alpha value is -2.57. The Kier molecular flexibility index (Phi) is 3.95. The molecule has 3 nitrogen and oxygen atoms in total. The van der Waals surface area contributed by atoms with Gasteiger partial charge in [-0.1, -0.05) is 41.9 Å². The van der Waals surface area contributed by atoms with Crippen molar-refractivity contribution in [1.29, 1.82) is 5.26 Å². The van der Waals surface area contributed by atoms with Gasteiger partial charge in [-0.3, -0.25) is 4.98 Å². The molecule has 0 amide bonds. The molecule has 0 aliphatic rings. The van der Waals surface area contributed by atoms with Crippen LogP contribution in [0.15, 0.2) is 48.5 Å². The van der Waals surface area contributed by atoms with Crippen LogP contribution in [0.3, 0.4) is 0 Å². The van der Waals surface area contributed by atoms with E-state index in [-0.39, 0.29) is 0 Å². The number of pyridine rings is 1. The lowest BCUT2D eigenvalue weighted by molar-refractivity contribution is 1.14. The molecule has 0 fully saturated rings. The van der Waals surface area contributed by atoms with Crippen molar-refractivity contribution in [2.75, 3.05) is 5.32 Å². The van der Waals surface area contributed by atoms with Gasteiger partial charge in [-0.25, -0.2) is 0 Å². The second kappa shape index (κ2) is 6.05. The molecular formula is C18H14ClN3. The van der Waals surface area contributed by atoms with Crippen molar-refractivity contribution in [3.05, 3.63) is 70.4 Å². The summed E-state index contributed by atoms with van der Waals surface area (Å²) in [5, 5.41) is 14.3. The third kappa shape index (κ3) is 2.74. The fourth-order valence-corrected chi connectivity index (χ4v) is 2.65. The molecule has 0 aliphatic heterocycles. The minimum atomic E-state index is 0.585. The highest BCUT2D eigenvalue weighted by molar-refractivity contribution is 6.31. The summed E-state index contributed by atoms with van der Waals surface area (Å²) in [7, 11) is 0. The van der Waals surface area contributed by atoms with E-state index < -0.39 is 0 Å². The SMILES string of the molecule is Cc1cc(NCc2ccccc2Cl)c2cccc(C#N)c2n1. The van der Waals surface area contributed by atoms with E-state index in [1.165, 1.54) is 0 Å². The monoisotopic (exact) mass is 307 g/mol. The highest BCUT2D eigenvalue weighted by Gasteiger charge is 2.08. The van der Waals surface area contributed by atoms with E-state index in [0.717, 1.165) is 32.9 Å². The second-order valence-corrected chi connectivity index (χ2v) is 5.48. The average Bonchev–Trinajstić information content (AvgIpc) is 2.53. The minimum absolute atomic E-state index is 0.585. The van der Waals surface area contributed by atoms with Crippen LogP contribution in [0.2, 0.25) is 5.02 Å². The molecule has 3 rings (SSSR count). The molecule has 108 valence electrons. The normalized spacial score (nSPS) is 10.4. The molecule has 0 bridgehead atoms. The predicted molar refractivity (Wildman–Crippen MR) is 90.0 cm³/mol. The van der Waals surface area contributed by atoms with Crippen molar-refractivity contribution >= 4 is 28.2 Å². The van der Waals surface area contributed by atoms with E-state index in [1.54, 1.807) is 6.07 Å². The molecule has 0 unspecified atom stereocenters. The van der Waals surface area contributed by atoms with Crippen LogP contribution in [0, 0.1) is 18.3 Å². The lowest BCUT2D eigenvalue weighted by Crippen LogP contribution is -2.02. The Morgan fingerprint density at radius 2 is 2.00 bits per heavy atom. The van der Waals surface area contributed by atoms with Crippen molar-refractivity contribution in [2.24, 2.45) is 0 Å². The number of hydrogen-bond acceptors (Lipinski definition) is 3. The van der Waals surface area contributed by atoms with Gasteiger partial charge in [0.2, 0.25) is 0 Å². The summed E-state index contributed by atoms with van der Waals surface area (Å²) in [6.07, 6.45) is 0. The van der Waals surface area contributed by atoms with Crippen LogP contribution in [-0.4, -0.2) is 4.98 Å². The number of rotatable bonds is 3. The molecule has 0 saturated heterocycles. The molecule has 1 aromatic heterocycles. The van der Waals surface area contributed by atoms with Crippen LogP contribution in [-0.2, 0) is 6.54 Å². The molecule has 3 aromatic rings. The maximum absolute atomic E-state index is 9.23. The van der Waals surface area contributed by atoms with Crippen molar-refractivity contribution < 1.29 is 0 Å². The zero-order chi connectivity index (χ0) is 15.5. The Balaban J connectivity index is 2.01. The molecule has 2 aromatic carbocycles. The number of hydrogen-bond donors (Lipinski definition) is 1. The van der Waals surface area contributed by atoms with Gasteiger partial charge in [-0.15, -0.1) is 0 Å². The van der Waals surface area contributed by atoms with Crippen LogP contribution < -0.4 is 5.32 Å².